The van der Waals surface area contributed by atoms with Crippen LogP contribution in [0.3, 0.4) is 0 Å². The number of hydrogen-bond donors (Lipinski definition) is 2. The van der Waals surface area contributed by atoms with Crippen molar-refractivity contribution in [3.63, 3.8) is 0 Å². The number of esters is 2. The van der Waals surface area contributed by atoms with E-state index >= 15 is 0 Å². The molecule has 0 atom stereocenters. The Labute approximate surface area is 203 Å². The van der Waals surface area contributed by atoms with Gasteiger partial charge in [0.15, 0.2) is 23.0 Å². The number of rotatable bonds is 5. The van der Waals surface area contributed by atoms with Crippen LogP contribution in [0.1, 0.15) is 11.1 Å². The summed E-state index contributed by atoms with van der Waals surface area (Å²) in [5.41, 5.74) is 1.47. The highest BCUT2D eigenvalue weighted by atomic mass is 79.9. The summed E-state index contributed by atoms with van der Waals surface area (Å²) < 4.78 is 19.8. The largest absolute Gasteiger partial charge is 0.504 e. The molecule has 0 aliphatic carbocycles. The first-order valence-corrected chi connectivity index (χ1v) is 11.7. The van der Waals surface area contributed by atoms with Gasteiger partial charge in [-0.25, -0.2) is 0 Å². The van der Waals surface area contributed by atoms with E-state index in [1.807, 2.05) is 18.2 Å². The van der Waals surface area contributed by atoms with Crippen LogP contribution in [0.15, 0.2) is 36.4 Å². The summed E-state index contributed by atoms with van der Waals surface area (Å²) in [5, 5.41) is 20.1. The summed E-state index contributed by atoms with van der Waals surface area (Å²) in [6.45, 7) is 1.12. The highest BCUT2D eigenvalue weighted by Crippen LogP contribution is 2.30. The van der Waals surface area contributed by atoms with Gasteiger partial charge in [0.1, 0.15) is 13.2 Å². The van der Waals surface area contributed by atoms with Crippen LogP contribution in [-0.2, 0) is 31.9 Å². The zero-order valence-corrected chi connectivity index (χ0v) is 21.0. The van der Waals surface area contributed by atoms with Crippen LogP contribution >= 0.6 is 31.9 Å². The van der Waals surface area contributed by atoms with E-state index in [1.165, 1.54) is 26.4 Å². The minimum absolute atomic E-state index is 0.0876. The van der Waals surface area contributed by atoms with Crippen molar-refractivity contribution in [1.29, 1.82) is 0 Å². The summed E-state index contributed by atoms with van der Waals surface area (Å²) in [4.78, 5) is 21.9. The van der Waals surface area contributed by atoms with Crippen LogP contribution < -0.4 is 9.47 Å². The second-order valence-corrected chi connectivity index (χ2v) is 7.77. The van der Waals surface area contributed by atoms with Gasteiger partial charge in [0.05, 0.1) is 27.1 Å². The highest BCUT2D eigenvalue weighted by Gasteiger charge is 2.13. The summed E-state index contributed by atoms with van der Waals surface area (Å²) >= 11 is 6.40. The van der Waals surface area contributed by atoms with Gasteiger partial charge < -0.3 is 29.2 Å². The molecule has 2 N–H and O–H groups in total. The van der Waals surface area contributed by atoms with Crippen LogP contribution in [-0.4, -0.2) is 60.2 Å². The van der Waals surface area contributed by atoms with Crippen LogP contribution in [0.4, 0.5) is 0 Å². The van der Waals surface area contributed by atoms with E-state index in [9.17, 15) is 9.59 Å². The van der Waals surface area contributed by atoms with E-state index in [0.717, 1.165) is 22.0 Å². The van der Waals surface area contributed by atoms with Crippen LogP contribution in [0.25, 0.3) is 0 Å². The van der Waals surface area contributed by atoms with Crippen molar-refractivity contribution in [3.05, 3.63) is 47.5 Å². The molecular formula is C22H26Br2O8. The summed E-state index contributed by atoms with van der Waals surface area (Å²) in [6.07, 6.45) is 0.345. The minimum Gasteiger partial charge on any atom is -0.504 e. The lowest BCUT2D eigenvalue weighted by Crippen LogP contribution is -2.15. The molecule has 10 heteroatoms. The molecule has 2 aromatic rings. The smallest absolute Gasteiger partial charge is 0.309 e. The Morgan fingerprint density at radius 1 is 0.812 bits per heavy atom. The van der Waals surface area contributed by atoms with Crippen molar-refractivity contribution in [2.75, 3.05) is 38.1 Å². The molecule has 0 amide bonds. The SMILES string of the molecule is BrCCBr.COC(=O)Cc1ccc(O)c(O)c1.COC(=O)Cc1ccc2c(c1)OCCO2. The Balaban J connectivity index is 0.000000277. The van der Waals surface area contributed by atoms with E-state index in [0.29, 0.717) is 24.5 Å². The van der Waals surface area contributed by atoms with Crippen molar-refractivity contribution in [1.82, 2.24) is 0 Å². The number of hydrogen-bond acceptors (Lipinski definition) is 8. The Morgan fingerprint density at radius 3 is 1.81 bits per heavy atom. The number of carbonyl (C=O) groups is 2. The van der Waals surface area contributed by atoms with E-state index in [4.69, 9.17) is 19.7 Å². The predicted molar refractivity (Wildman–Crippen MR) is 126 cm³/mol. The Bertz CT molecular complexity index is 871. The molecule has 0 saturated heterocycles. The molecule has 0 spiro atoms. The topological polar surface area (TPSA) is 112 Å². The maximum absolute atomic E-state index is 11.1. The molecule has 176 valence electrons. The average molecular weight is 578 g/mol. The molecule has 0 saturated carbocycles. The molecule has 8 nitrogen and oxygen atoms in total. The van der Waals surface area contributed by atoms with Crippen LogP contribution in [0.5, 0.6) is 23.0 Å². The Morgan fingerprint density at radius 2 is 1.31 bits per heavy atom. The van der Waals surface area contributed by atoms with E-state index in [2.05, 4.69) is 41.3 Å². The Hall–Kier alpha value is -2.46. The van der Waals surface area contributed by atoms with Crippen LogP contribution in [0.2, 0.25) is 0 Å². The first-order valence-electron chi connectivity index (χ1n) is 9.49. The number of methoxy groups -OCH3 is 2. The summed E-state index contributed by atoms with van der Waals surface area (Å²) in [7, 11) is 2.67. The number of carbonyl (C=O) groups excluding carboxylic acids is 2. The molecule has 0 unspecified atom stereocenters. The standard InChI is InChI=1S/C11H12O4.C9H10O4.C2H4Br2/c1-13-11(12)7-8-2-3-9-10(6-8)15-5-4-14-9;1-13-9(12)5-6-2-3-7(10)8(11)4-6;3-1-2-4/h2-3,6H,4-5,7H2,1H3;2-4,10-11H,5H2,1H3;1-2H2. The first kappa shape index (κ1) is 27.6. The van der Waals surface area contributed by atoms with Crippen molar-refractivity contribution < 1.29 is 38.7 Å². The van der Waals surface area contributed by atoms with Gasteiger partial charge in [-0.3, -0.25) is 9.59 Å². The first-order chi connectivity index (χ1) is 15.3. The van der Waals surface area contributed by atoms with Crippen molar-refractivity contribution >= 4 is 43.8 Å². The predicted octanol–water partition coefficient (Wildman–Crippen LogP) is 3.76. The molecule has 1 aliphatic rings. The fraction of sp³-hybridized carbons (Fsp3) is 0.364. The molecule has 1 heterocycles. The maximum atomic E-state index is 11.1. The highest BCUT2D eigenvalue weighted by molar-refractivity contribution is 9.11. The lowest BCUT2D eigenvalue weighted by Gasteiger charge is -2.18. The molecule has 32 heavy (non-hydrogen) atoms. The number of alkyl halides is 2. The van der Waals surface area contributed by atoms with Gasteiger partial charge in [-0.2, -0.15) is 0 Å². The quantitative estimate of drug-likeness (QED) is 0.314. The third-order valence-corrected chi connectivity index (χ3v) is 5.73. The van der Waals surface area contributed by atoms with E-state index < -0.39 is 0 Å². The second kappa shape index (κ2) is 15.4. The molecular weight excluding hydrogens is 552 g/mol. The van der Waals surface area contributed by atoms with Gasteiger partial charge in [0.2, 0.25) is 0 Å². The molecule has 0 fully saturated rings. The summed E-state index contributed by atoms with van der Waals surface area (Å²) in [5.74, 6) is 0.351. The number of ether oxygens (including phenoxy) is 4. The fourth-order valence-corrected chi connectivity index (χ4v) is 2.35. The minimum atomic E-state index is -0.384. The molecule has 3 rings (SSSR count). The molecule has 0 aromatic heterocycles. The lowest BCUT2D eigenvalue weighted by molar-refractivity contribution is -0.140. The molecule has 0 bridgehead atoms. The number of benzene rings is 2. The van der Waals surface area contributed by atoms with Gasteiger partial charge in [-0.05, 0) is 35.4 Å². The van der Waals surface area contributed by atoms with Gasteiger partial charge in [0, 0.05) is 10.7 Å². The molecule has 1 aliphatic heterocycles. The number of halogens is 2. The van der Waals surface area contributed by atoms with Crippen molar-refractivity contribution in [3.8, 4) is 23.0 Å². The van der Waals surface area contributed by atoms with Gasteiger partial charge in [0.25, 0.3) is 0 Å². The number of phenols is 2. The van der Waals surface area contributed by atoms with Gasteiger partial charge >= 0.3 is 11.9 Å². The summed E-state index contributed by atoms with van der Waals surface area (Å²) in [6, 6.07) is 9.66. The third-order valence-electron chi connectivity index (χ3n) is 3.87. The van der Waals surface area contributed by atoms with Crippen molar-refractivity contribution in [2.24, 2.45) is 0 Å². The second-order valence-electron chi connectivity index (χ2n) is 6.18. The van der Waals surface area contributed by atoms with Crippen LogP contribution in [0, 0.1) is 0 Å². The Kier molecular flexibility index (Phi) is 13.2. The number of fused-ring (bicyclic) bond motifs is 1. The monoisotopic (exact) mass is 576 g/mol. The zero-order valence-electron chi connectivity index (χ0n) is 17.8. The third kappa shape index (κ3) is 10.2. The van der Waals surface area contributed by atoms with Gasteiger partial charge in [-0.1, -0.05) is 44.0 Å². The lowest BCUT2D eigenvalue weighted by atomic mass is 10.1. The van der Waals surface area contributed by atoms with E-state index in [-0.39, 0.29) is 36.3 Å². The van der Waals surface area contributed by atoms with Gasteiger partial charge in [-0.15, -0.1) is 0 Å². The maximum Gasteiger partial charge on any atom is 0.309 e. The normalized spacial score (nSPS) is 11.1. The van der Waals surface area contributed by atoms with E-state index in [1.54, 1.807) is 6.07 Å². The fourth-order valence-electron chi connectivity index (χ4n) is 2.35. The zero-order chi connectivity index (χ0) is 23.9. The van der Waals surface area contributed by atoms with Crippen molar-refractivity contribution in [2.45, 2.75) is 12.8 Å². The average Bonchev–Trinajstić information content (AvgIpc) is 2.81. The molecule has 2 aromatic carbocycles. The number of aromatic hydroxyl groups is 2. The molecule has 0 radical (unpaired) electrons. The number of phenolic OH excluding ortho intramolecular Hbond substituents is 2.